The van der Waals surface area contributed by atoms with Gasteiger partial charge in [-0.2, -0.15) is 0 Å². The maximum absolute atomic E-state index is 5.96. The van der Waals surface area contributed by atoms with Gasteiger partial charge in [-0.25, -0.2) is 0 Å². The molecule has 3 nitrogen and oxygen atoms in total. The van der Waals surface area contributed by atoms with Crippen LogP contribution in [-0.4, -0.2) is 0 Å². The molecule has 0 unspecified atom stereocenters. The lowest BCUT2D eigenvalue weighted by Crippen LogP contribution is -2.07. The Hall–Kier alpha value is -0.850. The molecule has 0 N–H and O–H groups in total. The Labute approximate surface area is 182 Å². The van der Waals surface area contributed by atoms with Gasteiger partial charge in [-0.15, -0.1) is 0 Å². The van der Waals surface area contributed by atoms with E-state index in [1.54, 1.807) is 36.4 Å². The molecule has 0 saturated carbocycles. The molecule has 0 aliphatic carbocycles. The first-order valence-electron chi connectivity index (χ1n) is 7.37. The second-order valence-corrected chi connectivity index (χ2v) is 10.6. The molecule has 3 aromatic rings. The first-order valence-corrected chi connectivity index (χ1v) is 12.3. The molecule has 0 bridgehead atoms. The normalized spacial score (nSPS) is 11.0. The fourth-order valence-corrected chi connectivity index (χ4v) is 4.75. The summed E-state index contributed by atoms with van der Waals surface area (Å²) in [7, 11) is 0. The molecule has 0 atom stereocenters. The van der Waals surface area contributed by atoms with E-state index >= 15 is 0 Å². The molecule has 134 valence electrons. The van der Waals surface area contributed by atoms with Gasteiger partial charge in [-0.1, -0.05) is 47.8 Å². The van der Waals surface area contributed by atoms with Crippen LogP contribution in [0.4, 0.5) is 0 Å². The average Bonchev–Trinajstić information content (AvgIpc) is 2.61. The molecule has 3 rings (SSSR count). The summed E-state index contributed by atoms with van der Waals surface area (Å²) in [6.45, 7) is -3.14. The quantitative estimate of drug-likeness (QED) is 0.280. The second kappa shape index (κ2) is 8.89. The number of hydrogen-bond acceptors (Lipinski definition) is 4. The van der Waals surface area contributed by atoms with Gasteiger partial charge in [0.2, 0.25) is 0 Å². The molecule has 0 heterocycles. The Morgan fingerprint density at radius 1 is 0.500 bits per heavy atom. The predicted octanol–water partition coefficient (Wildman–Crippen LogP) is 7.74. The van der Waals surface area contributed by atoms with Gasteiger partial charge in [-0.05, 0) is 72.8 Å². The van der Waals surface area contributed by atoms with E-state index in [9.17, 15) is 0 Å². The second-order valence-electron chi connectivity index (χ2n) is 5.08. The molecular formula is C18H12Br3O3PS. The third kappa shape index (κ3) is 5.83. The van der Waals surface area contributed by atoms with Crippen LogP contribution in [0.5, 0.6) is 17.2 Å². The van der Waals surface area contributed by atoms with Gasteiger partial charge in [0, 0.05) is 25.2 Å². The maximum Gasteiger partial charge on any atom is 0.490 e. The van der Waals surface area contributed by atoms with Crippen LogP contribution < -0.4 is 13.6 Å². The Balaban J connectivity index is 1.88. The van der Waals surface area contributed by atoms with Crippen molar-refractivity contribution in [2.45, 2.75) is 0 Å². The minimum atomic E-state index is -3.14. The lowest BCUT2D eigenvalue weighted by Gasteiger charge is -2.23. The molecule has 8 heteroatoms. The Bertz CT molecular complexity index is 793. The SMILES string of the molecule is S=P(Oc1ccc(Br)cc1)(Oc1ccc(Br)cc1)Oc1ccc(Br)cc1. The lowest BCUT2D eigenvalue weighted by atomic mass is 10.3. The summed E-state index contributed by atoms with van der Waals surface area (Å²) < 4.78 is 20.7. The van der Waals surface area contributed by atoms with Crippen LogP contribution in [0.25, 0.3) is 0 Å². The van der Waals surface area contributed by atoms with Gasteiger partial charge in [0.1, 0.15) is 17.2 Å². The molecule has 0 fully saturated rings. The zero-order valence-electron chi connectivity index (χ0n) is 13.1. The van der Waals surface area contributed by atoms with Crippen LogP contribution in [0.15, 0.2) is 86.2 Å². The highest BCUT2D eigenvalue weighted by molar-refractivity contribution is 9.11. The molecular weight excluding hydrogens is 567 g/mol. The molecule has 0 spiro atoms. The van der Waals surface area contributed by atoms with Crippen LogP contribution in [0.2, 0.25) is 0 Å². The standard InChI is InChI=1S/C18H12Br3O3PS/c19-13-1-7-16(8-2-13)22-25(26,23-17-9-3-14(20)4-10-17)24-18-11-5-15(21)6-12-18/h1-12H. The number of rotatable bonds is 6. The van der Waals surface area contributed by atoms with Crippen molar-refractivity contribution in [2.75, 3.05) is 0 Å². The van der Waals surface area contributed by atoms with E-state index < -0.39 is 6.72 Å². The first kappa shape index (κ1) is 19.9. The first-order chi connectivity index (χ1) is 12.4. The predicted molar refractivity (Wildman–Crippen MR) is 119 cm³/mol. The summed E-state index contributed by atoms with van der Waals surface area (Å²) in [5, 5.41) is 0. The Kier molecular flexibility index (Phi) is 6.81. The van der Waals surface area contributed by atoms with E-state index in [2.05, 4.69) is 47.8 Å². The lowest BCUT2D eigenvalue weighted by molar-refractivity contribution is 0.384. The molecule has 0 aromatic heterocycles. The van der Waals surface area contributed by atoms with Crippen LogP contribution in [-0.2, 0) is 11.8 Å². The zero-order valence-corrected chi connectivity index (χ0v) is 19.6. The van der Waals surface area contributed by atoms with Crippen molar-refractivity contribution in [3.8, 4) is 17.2 Å². The van der Waals surface area contributed by atoms with Gasteiger partial charge in [0.15, 0.2) is 0 Å². The van der Waals surface area contributed by atoms with E-state index in [0.717, 1.165) is 13.4 Å². The largest absolute Gasteiger partial charge is 0.490 e. The van der Waals surface area contributed by atoms with E-state index in [4.69, 9.17) is 25.4 Å². The summed E-state index contributed by atoms with van der Waals surface area (Å²) in [5.74, 6) is 1.72. The molecule has 0 aliphatic heterocycles. The van der Waals surface area contributed by atoms with Gasteiger partial charge in [-0.3, -0.25) is 0 Å². The smallest absolute Gasteiger partial charge is 0.407 e. The maximum atomic E-state index is 5.96. The topological polar surface area (TPSA) is 27.7 Å². The minimum Gasteiger partial charge on any atom is -0.407 e. The van der Waals surface area contributed by atoms with Crippen LogP contribution in [0.3, 0.4) is 0 Å². The zero-order chi connectivity index (χ0) is 18.6. The third-order valence-corrected chi connectivity index (χ3v) is 6.65. The summed E-state index contributed by atoms with van der Waals surface area (Å²) in [6.07, 6.45) is 0. The third-order valence-electron chi connectivity index (χ3n) is 3.09. The fraction of sp³-hybridized carbons (Fsp3) is 0. The van der Waals surface area contributed by atoms with Gasteiger partial charge in [0.25, 0.3) is 0 Å². The molecule has 0 saturated heterocycles. The Morgan fingerprint density at radius 2 is 0.731 bits per heavy atom. The summed E-state index contributed by atoms with van der Waals surface area (Å²) in [4.78, 5) is 0. The minimum absolute atomic E-state index is 0.575. The number of benzene rings is 3. The van der Waals surface area contributed by atoms with Crippen molar-refractivity contribution in [1.82, 2.24) is 0 Å². The molecule has 0 radical (unpaired) electrons. The van der Waals surface area contributed by atoms with E-state index in [0.29, 0.717) is 17.2 Å². The van der Waals surface area contributed by atoms with Crippen molar-refractivity contribution in [1.29, 1.82) is 0 Å². The highest BCUT2D eigenvalue weighted by Gasteiger charge is 2.26. The number of halogens is 3. The molecule has 0 amide bonds. The van der Waals surface area contributed by atoms with Crippen molar-refractivity contribution in [3.05, 3.63) is 86.2 Å². The van der Waals surface area contributed by atoms with E-state index in [1.165, 1.54) is 0 Å². The molecule has 26 heavy (non-hydrogen) atoms. The summed E-state index contributed by atoms with van der Waals surface area (Å²) in [5.41, 5.74) is 0. The highest BCUT2D eigenvalue weighted by Crippen LogP contribution is 2.50. The van der Waals surface area contributed by atoms with Gasteiger partial charge >= 0.3 is 6.72 Å². The van der Waals surface area contributed by atoms with Crippen LogP contribution in [0, 0.1) is 0 Å². The Morgan fingerprint density at radius 3 is 0.962 bits per heavy atom. The molecule has 3 aromatic carbocycles. The summed E-state index contributed by atoms with van der Waals surface area (Å²) >= 11 is 15.9. The highest BCUT2D eigenvalue weighted by atomic mass is 79.9. The average molecular weight is 579 g/mol. The van der Waals surface area contributed by atoms with Crippen molar-refractivity contribution in [3.63, 3.8) is 0 Å². The van der Waals surface area contributed by atoms with Gasteiger partial charge in [0.05, 0.1) is 0 Å². The van der Waals surface area contributed by atoms with Crippen molar-refractivity contribution in [2.24, 2.45) is 0 Å². The van der Waals surface area contributed by atoms with E-state index in [-0.39, 0.29) is 0 Å². The summed E-state index contributed by atoms with van der Waals surface area (Å²) in [6, 6.07) is 22.1. The van der Waals surface area contributed by atoms with Crippen LogP contribution in [0.1, 0.15) is 0 Å². The van der Waals surface area contributed by atoms with Gasteiger partial charge < -0.3 is 13.6 Å². The van der Waals surface area contributed by atoms with Crippen molar-refractivity contribution < 1.29 is 13.6 Å². The van der Waals surface area contributed by atoms with E-state index in [1.807, 2.05) is 36.4 Å². The van der Waals surface area contributed by atoms with Crippen LogP contribution >= 0.6 is 54.5 Å². The van der Waals surface area contributed by atoms with Crippen molar-refractivity contribution >= 4 is 66.3 Å². The fourth-order valence-electron chi connectivity index (χ4n) is 1.93. The monoisotopic (exact) mass is 576 g/mol. The number of hydrogen-bond donors (Lipinski definition) is 0. The molecule has 0 aliphatic rings.